The normalized spacial score (nSPS) is 15.2. The highest BCUT2D eigenvalue weighted by molar-refractivity contribution is 5.85. The lowest BCUT2D eigenvalue weighted by Gasteiger charge is -2.29. The molecule has 0 unspecified atom stereocenters. The molecular formula is C21H27ClN2O2. The van der Waals surface area contributed by atoms with Crippen LogP contribution >= 0.6 is 12.4 Å². The van der Waals surface area contributed by atoms with E-state index in [1.165, 1.54) is 5.56 Å². The van der Waals surface area contributed by atoms with Crippen LogP contribution in [0.1, 0.15) is 43.2 Å². The highest BCUT2D eigenvalue weighted by Crippen LogP contribution is 2.32. The van der Waals surface area contributed by atoms with Gasteiger partial charge in [-0.15, -0.1) is 12.4 Å². The van der Waals surface area contributed by atoms with E-state index >= 15 is 0 Å². The van der Waals surface area contributed by atoms with Crippen LogP contribution in [0.3, 0.4) is 0 Å². The van der Waals surface area contributed by atoms with Crippen LogP contribution in [0.5, 0.6) is 5.75 Å². The zero-order valence-electron chi connectivity index (χ0n) is 14.9. The Kier molecular flexibility index (Phi) is 7.49. The average Bonchev–Trinajstić information content (AvgIpc) is 3.08. The maximum Gasteiger partial charge on any atom is 0.219 e. The van der Waals surface area contributed by atoms with Gasteiger partial charge in [0.1, 0.15) is 12.4 Å². The van der Waals surface area contributed by atoms with Crippen molar-refractivity contribution < 1.29 is 9.53 Å². The van der Waals surface area contributed by atoms with Crippen molar-refractivity contribution in [3.05, 3.63) is 65.7 Å². The van der Waals surface area contributed by atoms with Gasteiger partial charge in [0.2, 0.25) is 5.91 Å². The van der Waals surface area contributed by atoms with Gasteiger partial charge >= 0.3 is 0 Å². The largest absolute Gasteiger partial charge is 0.489 e. The van der Waals surface area contributed by atoms with Gasteiger partial charge in [0.25, 0.3) is 0 Å². The van der Waals surface area contributed by atoms with Crippen LogP contribution in [0, 0.1) is 0 Å². The van der Waals surface area contributed by atoms with E-state index in [9.17, 15) is 4.79 Å². The summed E-state index contributed by atoms with van der Waals surface area (Å²) in [5, 5.41) is 3.58. The minimum atomic E-state index is -0.223. The Bertz CT molecular complexity index is 683. The quantitative estimate of drug-likeness (QED) is 0.734. The fourth-order valence-electron chi connectivity index (χ4n) is 3.54. The molecule has 0 spiro atoms. The van der Waals surface area contributed by atoms with Crippen molar-refractivity contribution in [2.45, 2.75) is 50.8 Å². The summed E-state index contributed by atoms with van der Waals surface area (Å²) in [5.41, 5.74) is 7.65. The molecular weight excluding hydrogens is 348 g/mol. The van der Waals surface area contributed by atoms with Gasteiger partial charge in [-0.1, -0.05) is 55.3 Å². The predicted octanol–water partition coefficient (Wildman–Crippen LogP) is 3.97. The predicted molar refractivity (Wildman–Crippen MR) is 106 cm³/mol. The second-order valence-corrected chi connectivity index (χ2v) is 6.90. The van der Waals surface area contributed by atoms with E-state index in [1.54, 1.807) is 0 Å². The number of benzene rings is 2. The first-order valence-corrected chi connectivity index (χ1v) is 8.94. The SMILES string of the molecule is Cl.NC(=O)CC1(NCc2ccc(OCc3ccccc3)cc2)CCCC1. The smallest absolute Gasteiger partial charge is 0.219 e. The van der Waals surface area contributed by atoms with Crippen molar-refractivity contribution in [1.29, 1.82) is 0 Å². The number of carbonyl (C=O) groups is 1. The number of halogens is 1. The van der Waals surface area contributed by atoms with E-state index in [-0.39, 0.29) is 23.9 Å². The van der Waals surface area contributed by atoms with E-state index in [2.05, 4.69) is 29.6 Å². The maximum atomic E-state index is 11.4. The van der Waals surface area contributed by atoms with Crippen molar-refractivity contribution in [2.75, 3.05) is 0 Å². The molecule has 0 saturated heterocycles. The first kappa shape index (κ1) is 20.3. The minimum Gasteiger partial charge on any atom is -0.489 e. The van der Waals surface area contributed by atoms with Gasteiger partial charge in [-0.05, 0) is 36.1 Å². The summed E-state index contributed by atoms with van der Waals surface area (Å²) in [4.78, 5) is 11.4. The molecule has 1 aliphatic carbocycles. The monoisotopic (exact) mass is 374 g/mol. The van der Waals surface area contributed by atoms with Gasteiger partial charge in [0.05, 0.1) is 0 Å². The van der Waals surface area contributed by atoms with Gasteiger partial charge in [0, 0.05) is 18.5 Å². The third kappa shape index (κ3) is 5.75. The summed E-state index contributed by atoms with van der Waals surface area (Å²) in [7, 11) is 0. The fraction of sp³-hybridized carbons (Fsp3) is 0.381. The van der Waals surface area contributed by atoms with Crippen LogP contribution in [0.2, 0.25) is 0 Å². The number of ether oxygens (including phenoxy) is 1. The Labute approximate surface area is 161 Å². The summed E-state index contributed by atoms with van der Waals surface area (Å²) >= 11 is 0. The summed E-state index contributed by atoms with van der Waals surface area (Å²) < 4.78 is 5.82. The highest BCUT2D eigenvalue weighted by atomic mass is 35.5. The van der Waals surface area contributed by atoms with Crippen LogP contribution in [0.4, 0.5) is 0 Å². The van der Waals surface area contributed by atoms with Crippen LogP contribution < -0.4 is 15.8 Å². The van der Waals surface area contributed by atoms with Crippen LogP contribution in [-0.2, 0) is 17.9 Å². The molecule has 140 valence electrons. The zero-order valence-corrected chi connectivity index (χ0v) is 15.8. The molecule has 0 bridgehead atoms. The molecule has 0 aromatic heterocycles. The van der Waals surface area contributed by atoms with E-state index in [4.69, 9.17) is 10.5 Å². The Morgan fingerprint density at radius 3 is 2.27 bits per heavy atom. The van der Waals surface area contributed by atoms with Crippen LogP contribution in [0.25, 0.3) is 0 Å². The number of rotatable bonds is 8. The number of hydrogen-bond donors (Lipinski definition) is 2. The standard InChI is InChI=1S/C21H26N2O2.ClH/c22-20(24)14-21(12-4-5-13-21)23-15-17-8-10-19(11-9-17)25-16-18-6-2-1-3-7-18;/h1-3,6-11,23H,4-5,12-16H2,(H2,22,24);1H. The number of primary amides is 1. The van der Waals surface area contributed by atoms with E-state index in [0.29, 0.717) is 13.0 Å². The lowest BCUT2D eigenvalue weighted by atomic mass is 9.92. The number of nitrogens with two attached hydrogens (primary N) is 1. The zero-order chi connectivity index (χ0) is 17.5. The van der Waals surface area contributed by atoms with Gasteiger partial charge in [-0.2, -0.15) is 0 Å². The van der Waals surface area contributed by atoms with Crippen molar-refractivity contribution >= 4 is 18.3 Å². The van der Waals surface area contributed by atoms with Crippen molar-refractivity contribution in [3.63, 3.8) is 0 Å². The molecule has 26 heavy (non-hydrogen) atoms. The number of nitrogens with one attached hydrogen (secondary N) is 1. The van der Waals surface area contributed by atoms with Gasteiger partial charge in [0.15, 0.2) is 0 Å². The molecule has 2 aromatic rings. The van der Waals surface area contributed by atoms with E-state index < -0.39 is 0 Å². The third-order valence-corrected chi connectivity index (χ3v) is 4.91. The van der Waals surface area contributed by atoms with Gasteiger partial charge in [-0.3, -0.25) is 4.79 Å². The van der Waals surface area contributed by atoms with Crippen molar-refractivity contribution in [1.82, 2.24) is 5.32 Å². The molecule has 1 saturated carbocycles. The van der Waals surface area contributed by atoms with Crippen molar-refractivity contribution in [3.8, 4) is 5.75 Å². The lowest BCUT2D eigenvalue weighted by molar-refractivity contribution is -0.119. The Morgan fingerprint density at radius 1 is 1.00 bits per heavy atom. The fourth-order valence-corrected chi connectivity index (χ4v) is 3.54. The third-order valence-electron chi connectivity index (χ3n) is 4.91. The molecule has 2 aromatic carbocycles. The first-order valence-electron chi connectivity index (χ1n) is 8.94. The first-order chi connectivity index (χ1) is 12.2. The Hall–Kier alpha value is -2.04. The minimum absolute atomic E-state index is 0. The second kappa shape index (κ2) is 9.60. The van der Waals surface area contributed by atoms with Gasteiger partial charge < -0.3 is 15.8 Å². The molecule has 1 fully saturated rings. The summed E-state index contributed by atoms with van der Waals surface area (Å²) in [6.07, 6.45) is 4.78. The molecule has 0 radical (unpaired) electrons. The van der Waals surface area contributed by atoms with E-state index in [1.807, 2.05) is 30.3 Å². The van der Waals surface area contributed by atoms with E-state index in [0.717, 1.165) is 43.5 Å². The number of hydrogen-bond acceptors (Lipinski definition) is 3. The summed E-state index contributed by atoms with van der Waals surface area (Å²) in [6.45, 7) is 1.31. The second-order valence-electron chi connectivity index (χ2n) is 6.90. The molecule has 1 amide bonds. The number of amides is 1. The lowest BCUT2D eigenvalue weighted by Crippen LogP contribution is -2.45. The molecule has 4 nitrogen and oxygen atoms in total. The molecule has 0 heterocycles. The maximum absolute atomic E-state index is 11.4. The highest BCUT2D eigenvalue weighted by Gasteiger charge is 2.34. The number of carbonyl (C=O) groups excluding carboxylic acids is 1. The molecule has 3 rings (SSSR count). The molecule has 0 atom stereocenters. The summed E-state index contributed by atoms with van der Waals surface area (Å²) in [5.74, 6) is 0.638. The topological polar surface area (TPSA) is 64.4 Å². The molecule has 3 N–H and O–H groups in total. The summed E-state index contributed by atoms with van der Waals surface area (Å²) in [6, 6.07) is 18.3. The molecule has 0 aliphatic heterocycles. The Balaban J connectivity index is 0.00000243. The van der Waals surface area contributed by atoms with Crippen molar-refractivity contribution in [2.24, 2.45) is 5.73 Å². The van der Waals surface area contributed by atoms with Crippen LogP contribution in [0.15, 0.2) is 54.6 Å². The Morgan fingerprint density at radius 2 is 1.65 bits per heavy atom. The average molecular weight is 375 g/mol. The van der Waals surface area contributed by atoms with Crippen LogP contribution in [-0.4, -0.2) is 11.4 Å². The van der Waals surface area contributed by atoms with Gasteiger partial charge in [-0.25, -0.2) is 0 Å². The molecule has 1 aliphatic rings. The molecule has 5 heteroatoms.